The highest BCUT2D eigenvalue weighted by molar-refractivity contribution is 6.30. The number of nitrogens with zero attached hydrogens (tertiary/aromatic N) is 3. The predicted molar refractivity (Wildman–Crippen MR) is 77.2 cm³/mol. The van der Waals surface area contributed by atoms with Gasteiger partial charge in [0.25, 0.3) is 0 Å². The molecule has 7 heteroatoms. The molecule has 1 aliphatic carbocycles. The molecule has 0 unspecified atom stereocenters. The lowest BCUT2D eigenvalue weighted by atomic mass is 9.94. The summed E-state index contributed by atoms with van der Waals surface area (Å²) in [6.45, 7) is 0.290. The Morgan fingerprint density at radius 3 is 2.75 bits per heavy atom. The van der Waals surface area contributed by atoms with E-state index in [1.165, 1.54) is 18.7 Å². The normalized spacial score (nSPS) is 16.1. The lowest BCUT2D eigenvalue weighted by Gasteiger charge is -2.34. The van der Waals surface area contributed by atoms with Crippen molar-refractivity contribution in [1.29, 1.82) is 0 Å². The minimum Gasteiger partial charge on any atom is -0.395 e. The monoisotopic (exact) mass is 299 g/mol. The summed E-state index contributed by atoms with van der Waals surface area (Å²) in [5, 5.41) is 20.7. The first-order chi connectivity index (χ1) is 9.63. The predicted octanol–water partition coefficient (Wildman–Crippen LogP) is 2.77. The zero-order valence-corrected chi connectivity index (χ0v) is 11.9. The van der Waals surface area contributed by atoms with Crippen LogP contribution in [0.5, 0.6) is 0 Å². The Morgan fingerprint density at radius 1 is 1.45 bits per heavy atom. The average Bonchev–Trinajstić information content (AvgIpc) is 2.46. The SMILES string of the molecule is O=[N+]([O-])c1cc(Cl)cnc1N(CCO)C1CCCCC1. The molecule has 0 aliphatic heterocycles. The van der Waals surface area contributed by atoms with Crippen molar-refractivity contribution in [3.05, 3.63) is 27.4 Å². The van der Waals surface area contributed by atoms with Crippen LogP contribution in [0.3, 0.4) is 0 Å². The summed E-state index contributed by atoms with van der Waals surface area (Å²) in [6.07, 6.45) is 6.77. The molecule has 6 nitrogen and oxygen atoms in total. The highest BCUT2D eigenvalue weighted by Crippen LogP contribution is 2.33. The molecule has 1 aromatic heterocycles. The van der Waals surface area contributed by atoms with Gasteiger partial charge in [-0.1, -0.05) is 30.9 Å². The van der Waals surface area contributed by atoms with E-state index >= 15 is 0 Å². The van der Waals surface area contributed by atoms with Crippen molar-refractivity contribution in [2.75, 3.05) is 18.1 Å². The molecule has 1 N–H and O–H groups in total. The maximum absolute atomic E-state index is 11.2. The van der Waals surface area contributed by atoms with Gasteiger partial charge in [-0.2, -0.15) is 0 Å². The van der Waals surface area contributed by atoms with Crippen LogP contribution in [-0.2, 0) is 0 Å². The van der Waals surface area contributed by atoms with Crippen LogP contribution in [0.2, 0.25) is 5.02 Å². The van der Waals surface area contributed by atoms with Crippen LogP contribution < -0.4 is 4.90 Å². The van der Waals surface area contributed by atoms with Gasteiger partial charge < -0.3 is 10.0 Å². The molecule has 0 bridgehead atoms. The lowest BCUT2D eigenvalue weighted by molar-refractivity contribution is -0.384. The highest BCUT2D eigenvalue weighted by atomic mass is 35.5. The molecular weight excluding hydrogens is 282 g/mol. The van der Waals surface area contributed by atoms with E-state index in [0.717, 1.165) is 25.7 Å². The maximum Gasteiger partial charge on any atom is 0.313 e. The molecule has 0 aromatic carbocycles. The summed E-state index contributed by atoms with van der Waals surface area (Å²) in [5.74, 6) is 0.306. The van der Waals surface area contributed by atoms with E-state index in [0.29, 0.717) is 12.4 Å². The van der Waals surface area contributed by atoms with Gasteiger partial charge in [-0.3, -0.25) is 10.1 Å². The van der Waals surface area contributed by atoms with Crippen LogP contribution in [0.15, 0.2) is 12.3 Å². The average molecular weight is 300 g/mol. The molecule has 0 saturated heterocycles. The largest absolute Gasteiger partial charge is 0.395 e. The molecule has 1 fully saturated rings. The molecule has 20 heavy (non-hydrogen) atoms. The number of aliphatic hydroxyl groups is 1. The Labute approximate surface area is 122 Å². The van der Waals surface area contributed by atoms with Gasteiger partial charge in [0.2, 0.25) is 5.82 Å². The van der Waals surface area contributed by atoms with Crippen LogP contribution >= 0.6 is 11.6 Å². The molecule has 110 valence electrons. The molecule has 2 rings (SSSR count). The Morgan fingerprint density at radius 2 is 2.15 bits per heavy atom. The second kappa shape index (κ2) is 6.85. The van der Waals surface area contributed by atoms with E-state index < -0.39 is 4.92 Å². The molecule has 1 aromatic rings. The summed E-state index contributed by atoms with van der Waals surface area (Å²) in [4.78, 5) is 16.7. The second-order valence-corrected chi connectivity index (χ2v) is 5.40. The van der Waals surface area contributed by atoms with Gasteiger partial charge in [-0.25, -0.2) is 4.98 Å². The molecule has 1 aliphatic rings. The van der Waals surface area contributed by atoms with Gasteiger partial charge >= 0.3 is 5.69 Å². The number of hydrogen-bond donors (Lipinski definition) is 1. The van der Waals surface area contributed by atoms with Crippen molar-refractivity contribution < 1.29 is 10.0 Å². The molecule has 0 spiro atoms. The Hall–Kier alpha value is -1.40. The lowest BCUT2D eigenvalue weighted by Crippen LogP contribution is -2.39. The quantitative estimate of drug-likeness (QED) is 0.668. The summed E-state index contributed by atoms with van der Waals surface area (Å²) < 4.78 is 0. The van der Waals surface area contributed by atoms with Crippen LogP contribution in [0, 0.1) is 10.1 Å². The highest BCUT2D eigenvalue weighted by Gasteiger charge is 2.28. The minimum atomic E-state index is -0.471. The first-order valence-electron chi connectivity index (χ1n) is 6.81. The standard InChI is InChI=1S/C13H18ClN3O3/c14-10-8-12(17(19)20)13(15-9-10)16(6-7-18)11-4-2-1-3-5-11/h8-9,11,18H,1-7H2. The fraction of sp³-hybridized carbons (Fsp3) is 0.615. The van der Waals surface area contributed by atoms with E-state index in [2.05, 4.69) is 4.98 Å². The number of nitro groups is 1. The van der Waals surface area contributed by atoms with Crippen LogP contribution in [-0.4, -0.2) is 34.2 Å². The number of hydrogen-bond acceptors (Lipinski definition) is 5. The third kappa shape index (κ3) is 3.37. The van der Waals surface area contributed by atoms with Crippen LogP contribution in [0.25, 0.3) is 0 Å². The zero-order valence-electron chi connectivity index (χ0n) is 11.2. The van der Waals surface area contributed by atoms with Crippen molar-refractivity contribution in [1.82, 2.24) is 4.98 Å². The number of aliphatic hydroxyl groups excluding tert-OH is 1. The molecule has 1 heterocycles. The van der Waals surface area contributed by atoms with Crippen molar-refractivity contribution in [2.24, 2.45) is 0 Å². The fourth-order valence-electron chi connectivity index (χ4n) is 2.74. The van der Waals surface area contributed by atoms with Gasteiger partial charge in [0, 0.05) is 24.8 Å². The van der Waals surface area contributed by atoms with E-state index in [1.807, 2.05) is 4.90 Å². The van der Waals surface area contributed by atoms with Crippen LogP contribution in [0.1, 0.15) is 32.1 Å². The first-order valence-corrected chi connectivity index (χ1v) is 7.18. The third-order valence-electron chi connectivity index (χ3n) is 3.64. The van der Waals surface area contributed by atoms with E-state index in [1.54, 1.807) is 0 Å². The van der Waals surface area contributed by atoms with Crippen molar-refractivity contribution in [3.8, 4) is 0 Å². The second-order valence-electron chi connectivity index (χ2n) is 4.96. The van der Waals surface area contributed by atoms with E-state index in [4.69, 9.17) is 11.6 Å². The molecule has 0 amide bonds. The van der Waals surface area contributed by atoms with Crippen molar-refractivity contribution in [3.63, 3.8) is 0 Å². The molecule has 0 atom stereocenters. The summed E-state index contributed by atoms with van der Waals surface area (Å²) in [5.41, 5.74) is -0.100. The number of anilines is 1. The van der Waals surface area contributed by atoms with E-state index in [-0.39, 0.29) is 23.4 Å². The van der Waals surface area contributed by atoms with Crippen molar-refractivity contribution in [2.45, 2.75) is 38.1 Å². The molecular formula is C13H18ClN3O3. The summed E-state index contributed by atoms with van der Waals surface area (Å²) >= 11 is 5.79. The van der Waals surface area contributed by atoms with Crippen LogP contribution in [0.4, 0.5) is 11.5 Å². The van der Waals surface area contributed by atoms with Gasteiger partial charge in [0.05, 0.1) is 16.6 Å². The summed E-state index contributed by atoms with van der Waals surface area (Å²) in [7, 11) is 0. The van der Waals surface area contributed by atoms with Gasteiger partial charge in [0.15, 0.2) is 0 Å². The Balaban J connectivity index is 2.35. The minimum absolute atomic E-state index is 0.0576. The first kappa shape index (κ1) is 15.0. The number of rotatable bonds is 5. The number of halogens is 1. The summed E-state index contributed by atoms with van der Waals surface area (Å²) in [6, 6.07) is 1.51. The zero-order chi connectivity index (χ0) is 14.5. The van der Waals surface area contributed by atoms with E-state index in [9.17, 15) is 15.2 Å². The number of pyridine rings is 1. The maximum atomic E-state index is 11.2. The number of aromatic nitrogens is 1. The fourth-order valence-corrected chi connectivity index (χ4v) is 2.89. The molecule has 1 saturated carbocycles. The smallest absolute Gasteiger partial charge is 0.313 e. The Bertz CT molecular complexity index is 478. The third-order valence-corrected chi connectivity index (χ3v) is 3.85. The van der Waals surface area contributed by atoms with Gasteiger partial charge in [-0.05, 0) is 12.8 Å². The molecule has 0 radical (unpaired) electrons. The van der Waals surface area contributed by atoms with Gasteiger partial charge in [0.1, 0.15) is 0 Å². The Kier molecular flexibility index (Phi) is 5.14. The topological polar surface area (TPSA) is 79.5 Å². The van der Waals surface area contributed by atoms with Gasteiger partial charge in [-0.15, -0.1) is 0 Å². The van der Waals surface area contributed by atoms with Crippen molar-refractivity contribution >= 4 is 23.1 Å².